The molecular formula is C23H39N5O. The molecule has 1 aliphatic carbocycles. The van der Waals surface area contributed by atoms with Crippen LogP contribution in [0.5, 0.6) is 5.75 Å². The molecule has 6 nitrogen and oxygen atoms in total. The Bertz CT molecular complexity index is 657. The Morgan fingerprint density at radius 3 is 2.72 bits per heavy atom. The molecule has 2 N–H and O–H groups in total. The van der Waals surface area contributed by atoms with Gasteiger partial charge in [-0.25, -0.2) is 0 Å². The standard InChI is InChI=1S/C23H39N5O/c1-19-9-10-20(22(17-19)29-21-7-4-5-8-21)18-26-23(24-2)25-11-14-28-13-6-12-27(3)15-16-28/h9-10,17,21H,4-8,11-16,18H2,1-3H3,(H2,24,25,26). The fourth-order valence-electron chi connectivity index (χ4n) is 4.16. The van der Waals surface area contributed by atoms with Crippen molar-refractivity contribution < 1.29 is 4.74 Å². The van der Waals surface area contributed by atoms with Crippen LogP contribution >= 0.6 is 0 Å². The van der Waals surface area contributed by atoms with Crippen molar-refractivity contribution >= 4 is 5.96 Å². The van der Waals surface area contributed by atoms with Crippen molar-refractivity contribution in [1.82, 2.24) is 20.4 Å². The Kier molecular flexibility index (Phi) is 8.62. The molecule has 2 fully saturated rings. The number of likely N-dealkylation sites (N-methyl/N-ethyl adjacent to an activating group) is 1. The molecule has 6 heteroatoms. The van der Waals surface area contributed by atoms with E-state index >= 15 is 0 Å². The third-order valence-electron chi connectivity index (χ3n) is 6.02. The number of nitrogens with zero attached hydrogens (tertiary/aromatic N) is 3. The van der Waals surface area contributed by atoms with Gasteiger partial charge >= 0.3 is 0 Å². The molecule has 2 aliphatic rings. The lowest BCUT2D eigenvalue weighted by molar-refractivity contribution is 0.207. The normalized spacial score (nSPS) is 19.9. The monoisotopic (exact) mass is 401 g/mol. The number of nitrogens with one attached hydrogen (secondary N) is 2. The van der Waals surface area contributed by atoms with E-state index in [4.69, 9.17) is 4.74 Å². The van der Waals surface area contributed by atoms with Gasteiger partial charge in [-0.3, -0.25) is 4.99 Å². The zero-order valence-corrected chi connectivity index (χ0v) is 18.5. The Hall–Kier alpha value is -1.79. The van der Waals surface area contributed by atoms with Gasteiger partial charge in [0.1, 0.15) is 5.75 Å². The average molecular weight is 402 g/mol. The van der Waals surface area contributed by atoms with E-state index in [1.807, 2.05) is 7.05 Å². The van der Waals surface area contributed by atoms with Crippen LogP contribution in [0.4, 0.5) is 0 Å². The van der Waals surface area contributed by atoms with Crippen LogP contribution in [0.3, 0.4) is 0 Å². The number of hydrogen-bond donors (Lipinski definition) is 2. The summed E-state index contributed by atoms with van der Waals surface area (Å²) in [4.78, 5) is 9.35. The molecule has 0 unspecified atom stereocenters. The van der Waals surface area contributed by atoms with Gasteiger partial charge in [-0.15, -0.1) is 0 Å². The largest absolute Gasteiger partial charge is 0.490 e. The predicted molar refractivity (Wildman–Crippen MR) is 121 cm³/mol. The lowest BCUT2D eigenvalue weighted by Gasteiger charge is -2.21. The van der Waals surface area contributed by atoms with Crippen LogP contribution in [0.2, 0.25) is 0 Å². The molecule has 3 rings (SSSR count). The van der Waals surface area contributed by atoms with Gasteiger partial charge in [0.2, 0.25) is 0 Å². The Morgan fingerprint density at radius 2 is 1.93 bits per heavy atom. The van der Waals surface area contributed by atoms with Gasteiger partial charge in [0, 0.05) is 45.3 Å². The Morgan fingerprint density at radius 1 is 1.10 bits per heavy atom. The molecule has 1 aromatic rings. The molecule has 0 aromatic heterocycles. The summed E-state index contributed by atoms with van der Waals surface area (Å²) >= 11 is 0. The molecule has 1 aromatic carbocycles. The van der Waals surface area contributed by atoms with Crippen molar-refractivity contribution in [3.05, 3.63) is 29.3 Å². The van der Waals surface area contributed by atoms with Gasteiger partial charge in [0.05, 0.1) is 6.10 Å². The highest BCUT2D eigenvalue weighted by Gasteiger charge is 2.18. The first kappa shape index (κ1) is 21.9. The molecule has 0 bridgehead atoms. The van der Waals surface area contributed by atoms with E-state index in [1.165, 1.54) is 56.3 Å². The number of aryl methyl sites for hydroxylation is 1. The third-order valence-corrected chi connectivity index (χ3v) is 6.02. The number of ether oxygens (including phenoxy) is 1. The molecule has 0 spiro atoms. The van der Waals surface area contributed by atoms with Crippen molar-refractivity contribution in [2.45, 2.75) is 51.7 Å². The summed E-state index contributed by atoms with van der Waals surface area (Å²) in [5.41, 5.74) is 2.44. The Balaban J connectivity index is 1.46. The van der Waals surface area contributed by atoms with Crippen molar-refractivity contribution in [3.63, 3.8) is 0 Å². The van der Waals surface area contributed by atoms with Gasteiger partial charge in [0.25, 0.3) is 0 Å². The van der Waals surface area contributed by atoms with E-state index in [1.54, 1.807) is 0 Å². The zero-order chi connectivity index (χ0) is 20.5. The summed E-state index contributed by atoms with van der Waals surface area (Å²) in [7, 11) is 4.05. The SMILES string of the molecule is CN=C(NCCN1CCCN(C)CC1)NCc1ccc(C)cc1OC1CCCC1. The number of rotatable bonds is 7. The number of aliphatic imine (C=N–C) groups is 1. The zero-order valence-electron chi connectivity index (χ0n) is 18.5. The van der Waals surface area contributed by atoms with E-state index in [0.29, 0.717) is 6.10 Å². The first-order valence-electron chi connectivity index (χ1n) is 11.3. The minimum Gasteiger partial charge on any atom is -0.490 e. The van der Waals surface area contributed by atoms with Gasteiger partial charge < -0.3 is 25.2 Å². The first-order chi connectivity index (χ1) is 14.1. The molecule has 29 heavy (non-hydrogen) atoms. The number of benzene rings is 1. The van der Waals surface area contributed by atoms with Crippen LogP contribution < -0.4 is 15.4 Å². The molecule has 0 radical (unpaired) electrons. The van der Waals surface area contributed by atoms with Crippen LogP contribution in [0.15, 0.2) is 23.2 Å². The fourth-order valence-corrected chi connectivity index (χ4v) is 4.16. The van der Waals surface area contributed by atoms with E-state index in [0.717, 1.165) is 44.4 Å². The lowest BCUT2D eigenvalue weighted by Crippen LogP contribution is -2.42. The second-order valence-electron chi connectivity index (χ2n) is 8.49. The third kappa shape index (κ3) is 7.19. The van der Waals surface area contributed by atoms with Crippen LogP contribution in [0, 0.1) is 6.92 Å². The van der Waals surface area contributed by atoms with Gasteiger partial charge in [0.15, 0.2) is 5.96 Å². The van der Waals surface area contributed by atoms with Crippen LogP contribution in [-0.4, -0.2) is 75.2 Å². The maximum Gasteiger partial charge on any atom is 0.191 e. The number of hydrogen-bond acceptors (Lipinski definition) is 4. The first-order valence-corrected chi connectivity index (χ1v) is 11.3. The number of guanidine groups is 1. The van der Waals surface area contributed by atoms with E-state index < -0.39 is 0 Å². The second-order valence-corrected chi connectivity index (χ2v) is 8.49. The quantitative estimate of drug-likeness (QED) is 0.543. The van der Waals surface area contributed by atoms with E-state index in [2.05, 4.69) is 57.6 Å². The maximum atomic E-state index is 6.32. The minimum atomic E-state index is 0.376. The fraction of sp³-hybridized carbons (Fsp3) is 0.696. The van der Waals surface area contributed by atoms with E-state index in [-0.39, 0.29) is 0 Å². The van der Waals surface area contributed by atoms with E-state index in [9.17, 15) is 0 Å². The van der Waals surface area contributed by atoms with Crippen molar-refractivity contribution in [1.29, 1.82) is 0 Å². The van der Waals surface area contributed by atoms with Crippen LogP contribution in [0.25, 0.3) is 0 Å². The summed E-state index contributed by atoms with van der Waals surface area (Å²) in [5, 5.41) is 6.93. The molecule has 0 amide bonds. The van der Waals surface area contributed by atoms with Crippen molar-refractivity contribution in [2.75, 3.05) is 53.4 Å². The Labute approximate surface area is 176 Å². The van der Waals surface area contributed by atoms with Crippen molar-refractivity contribution in [3.8, 4) is 5.75 Å². The predicted octanol–water partition coefficient (Wildman–Crippen LogP) is 2.62. The van der Waals surface area contributed by atoms with Gasteiger partial charge in [-0.2, -0.15) is 0 Å². The van der Waals surface area contributed by atoms with Gasteiger partial charge in [-0.05, 0) is 70.8 Å². The maximum absolute atomic E-state index is 6.32. The summed E-state index contributed by atoms with van der Waals surface area (Å²) in [6.07, 6.45) is 6.55. The second kappa shape index (κ2) is 11.4. The average Bonchev–Trinajstić information content (AvgIpc) is 3.13. The summed E-state index contributed by atoms with van der Waals surface area (Å²) in [5.74, 6) is 1.87. The van der Waals surface area contributed by atoms with Gasteiger partial charge in [-0.1, -0.05) is 12.1 Å². The molecule has 162 valence electrons. The summed E-state index contributed by atoms with van der Waals surface area (Å²) < 4.78 is 6.32. The minimum absolute atomic E-state index is 0.376. The highest BCUT2D eigenvalue weighted by molar-refractivity contribution is 5.79. The molecule has 1 heterocycles. The van der Waals surface area contributed by atoms with Crippen LogP contribution in [0.1, 0.15) is 43.2 Å². The smallest absolute Gasteiger partial charge is 0.191 e. The highest BCUT2D eigenvalue weighted by Crippen LogP contribution is 2.27. The van der Waals surface area contributed by atoms with Crippen molar-refractivity contribution in [2.24, 2.45) is 4.99 Å². The molecule has 1 saturated carbocycles. The summed E-state index contributed by atoms with van der Waals surface area (Å²) in [6.45, 7) is 9.49. The molecule has 0 atom stereocenters. The summed E-state index contributed by atoms with van der Waals surface area (Å²) in [6, 6.07) is 6.50. The topological polar surface area (TPSA) is 52.1 Å². The molecule has 1 saturated heterocycles. The molecule has 1 aliphatic heterocycles. The lowest BCUT2D eigenvalue weighted by atomic mass is 10.1. The van der Waals surface area contributed by atoms with Crippen LogP contribution in [-0.2, 0) is 6.54 Å². The molecular weight excluding hydrogens is 362 g/mol. The highest BCUT2D eigenvalue weighted by atomic mass is 16.5.